The Bertz CT molecular complexity index is 650. The van der Waals surface area contributed by atoms with Gasteiger partial charge in [0.05, 0.1) is 19.8 Å². The van der Waals surface area contributed by atoms with Crippen molar-refractivity contribution in [2.45, 2.75) is 27.3 Å². The number of aliphatic imine (C=N–C) groups is 1. The summed E-state index contributed by atoms with van der Waals surface area (Å²) in [6.45, 7) is 8.33. The van der Waals surface area contributed by atoms with Gasteiger partial charge < -0.3 is 24.1 Å². The standard InChI is InChI=1S/C18H29N3O4/c1-6-14(3)20-18(25-7-2)15-13-21(9-11-24-5)17(12-16(15)22)19-8-10-23-4/h6,12-13,19H,7-11H2,1-5H3/b14-6-,20-18?. The summed E-state index contributed by atoms with van der Waals surface area (Å²) >= 11 is 0. The lowest BCUT2D eigenvalue weighted by Gasteiger charge is -2.17. The second-order valence-electron chi connectivity index (χ2n) is 5.32. The van der Waals surface area contributed by atoms with Crippen LogP contribution < -0.4 is 10.7 Å². The molecule has 0 atom stereocenters. The van der Waals surface area contributed by atoms with Gasteiger partial charge in [-0.2, -0.15) is 0 Å². The molecule has 1 rings (SSSR count). The molecule has 0 saturated carbocycles. The predicted molar refractivity (Wildman–Crippen MR) is 101 cm³/mol. The van der Waals surface area contributed by atoms with Crippen molar-refractivity contribution in [3.05, 3.63) is 39.8 Å². The molecule has 0 aromatic carbocycles. The Hall–Kier alpha value is -2.12. The van der Waals surface area contributed by atoms with Gasteiger partial charge in [0.15, 0.2) is 5.43 Å². The Balaban J connectivity index is 3.30. The molecule has 0 aliphatic rings. The van der Waals surface area contributed by atoms with E-state index in [0.717, 1.165) is 5.70 Å². The van der Waals surface area contributed by atoms with Crippen LogP contribution in [-0.2, 0) is 20.8 Å². The summed E-state index contributed by atoms with van der Waals surface area (Å²) in [6, 6.07) is 1.56. The van der Waals surface area contributed by atoms with Gasteiger partial charge in [-0.15, -0.1) is 0 Å². The molecule has 0 bridgehead atoms. The molecule has 1 heterocycles. The molecule has 0 aliphatic carbocycles. The van der Waals surface area contributed by atoms with E-state index in [4.69, 9.17) is 14.2 Å². The van der Waals surface area contributed by atoms with Crippen molar-refractivity contribution in [1.82, 2.24) is 4.57 Å². The van der Waals surface area contributed by atoms with E-state index in [2.05, 4.69) is 10.3 Å². The van der Waals surface area contributed by atoms with Crippen LogP contribution in [-0.4, -0.2) is 51.0 Å². The normalized spacial score (nSPS) is 12.4. The molecule has 140 valence electrons. The molecule has 0 radical (unpaired) electrons. The van der Waals surface area contributed by atoms with Crippen LogP contribution in [0.4, 0.5) is 5.82 Å². The minimum absolute atomic E-state index is 0.148. The third-order valence-corrected chi connectivity index (χ3v) is 3.48. The van der Waals surface area contributed by atoms with Gasteiger partial charge in [0.2, 0.25) is 5.90 Å². The first-order chi connectivity index (χ1) is 12.1. The molecule has 1 aromatic rings. The van der Waals surface area contributed by atoms with Crippen LogP contribution in [0.25, 0.3) is 0 Å². The van der Waals surface area contributed by atoms with Crippen LogP contribution in [0, 0.1) is 0 Å². The van der Waals surface area contributed by atoms with Crippen LogP contribution in [0.15, 0.2) is 33.8 Å². The van der Waals surface area contributed by atoms with Crippen molar-refractivity contribution in [3.8, 4) is 0 Å². The summed E-state index contributed by atoms with van der Waals surface area (Å²) in [6.07, 6.45) is 3.62. The number of hydrogen-bond donors (Lipinski definition) is 1. The van der Waals surface area contributed by atoms with Crippen molar-refractivity contribution < 1.29 is 14.2 Å². The predicted octanol–water partition coefficient (Wildman–Crippen LogP) is 2.26. The SMILES string of the molecule is C/C=C(/C)N=C(OCC)c1cn(CCOC)c(NCCOC)cc1=O. The highest BCUT2D eigenvalue weighted by Crippen LogP contribution is 2.10. The zero-order valence-corrected chi connectivity index (χ0v) is 15.8. The van der Waals surface area contributed by atoms with Crippen molar-refractivity contribution in [1.29, 1.82) is 0 Å². The van der Waals surface area contributed by atoms with Crippen molar-refractivity contribution >= 4 is 11.7 Å². The summed E-state index contributed by atoms with van der Waals surface area (Å²) in [7, 11) is 3.28. The van der Waals surface area contributed by atoms with E-state index in [-0.39, 0.29) is 5.43 Å². The van der Waals surface area contributed by atoms with Crippen LogP contribution in [0.5, 0.6) is 0 Å². The number of pyridine rings is 1. The molecule has 1 aromatic heterocycles. The minimum atomic E-state index is -0.148. The number of anilines is 1. The molecule has 0 saturated heterocycles. The average molecular weight is 351 g/mol. The monoisotopic (exact) mass is 351 g/mol. The van der Waals surface area contributed by atoms with Crippen molar-refractivity contribution in [3.63, 3.8) is 0 Å². The largest absolute Gasteiger partial charge is 0.477 e. The van der Waals surface area contributed by atoms with Crippen LogP contribution in [0.1, 0.15) is 26.3 Å². The second kappa shape index (κ2) is 11.4. The summed E-state index contributed by atoms with van der Waals surface area (Å²) in [5, 5.41) is 3.20. The summed E-state index contributed by atoms with van der Waals surface area (Å²) in [4.78, 5) is 17.0. The number of hydrogen-bond acceptors (Lipinski definition) is 6. The number of methoxy groups -OCH3 is 2. The molecule has 25 heavy (non-hydrogen) atoms. The number of rotatable bonds is 10. The Morgan fingerprint density at radius 3 is 2.64 bits per heavy atom. The van der Waals surface area contributed by atoms with Crippen molar-refractivity contribution in [2.75, 3.05) is 45.9 Å². The van der Waals surface area contributed by atoms with Gasteiger partial charge in [0, 0.05) is 45.3 Å². The lowest BCUT2D eigenvalue weighted by atomic mass is 10.2. The van der Waals surface area contributed by atoms with E-state index >= 15 is 0 Å². The fraction of sp³-hybridized carbons (Fsp3) is 0.556. The zero-order chi connectivity index (χ0) is 18.7. The summed E-state index contributed by atoms with van der Waals surface area (Å²) < 4.78 is 17.7. The maximum absolute atomic E-state index is 12.6. The van der Waals surface area contributed by atoms with E-state index in [1.807, 2.05) is 31.4 Å². The Morgan fingerprint density at radius 1 is 1.32 bits per heavy atom. The molecule has 1 N–H and O–H groups in total. The number of nitrogens with one attached hydrogen (secondary N) is 1. The molecular formula is C18H29N3O4. The number of allylic oxidation sites excluding steroid dienone is 2. The van der Waals surface area contributed by atoms with E-state index in [0.29, 0.717) is 50.2 Å². The average Bonchev–Trinajstić information content (AvgIpc) is 2.60. The third kappa shape index (κ3) is 6.72. The maximum atomic E-state index is 12.6. The van der Waals surface area contributed by atoms with Gasteiger partial charge in [-0.05, 0) is 20.8 Å². The number of aromatic nitrogens is 1. The van der Waals surface area contributed by atoms with Crippen LogP contribution >= 0.6 is 0 Å². The molecular weight excluding hydrogens is 322 g/mol. The Labute approximate surface area is 149 Å². The molecule has 0 unspecified atom stereocenters. The Morgan fingerprint density at radius 2 is 2.04 bits per heavy atom. The number of ether oxygens (including phenoxy) is 3. The minimum Gasteiger partial charge on any atom is -0.477 e. The van der Waals surface area contributed by atoms with Gasteiger partial charge >= 0.3 is 0 Å². The molecule has 0 spiro atoms. The third-order valence-electron chi connectivity index (χ3n) is 3.48. The zero-order valence-electron chi connectivity index (χ0n) is 15.8. The molecule has 0 aliphatic heterocycles. The summed E-state index contributed by atoms with van der Waals surface area (Å²) in [5.41, 5.74) is 1.06. The van der Waals surface area contributed by atoms with E-state index in [9.17, 15) is 4.79 Å². The van der Waals surface area contributed by atoms with Gasteiger partial charge in [0.1, 0.15) is 11.4 Å². The Kier molecular flexibility index (Phi) is 9.57. The topological polar surface area (TPSA) is 74.1 Å². The van der Waals surface area contributed by atoms with E-state index in [1.54, 1.807) is 26.5 Å². The first-order valence-corrected chi connectivity index (χ1v) is 8.38. The van der Waals surface area contributed by atoms with E-state index in [1.165, 1.54) is 0 Å². The summed E-state index contributed by atoms with van der Waals surface area (Å²) in [5.74, 6) is 1.04. The number of nitrogens with zero attached hydrogens (tertiary/aromatic N) is 2. The highest BCUT2D eigenvalue weighted by molar-refractivity contribution is 5.94. The quantitative estimate of drug-likeness (QED) is 0.398. The lowest BCUT2D eigenvalue weighted by Crippen LogP contribution is -2.24. The molecule has 0 amide bonds. The van der Waals surface area contributed by atoms with Gasteiger partial charge in [-0.3, -0.25) is 4.79 Å². The fourth-order valence-corrected chi connectivity index (χ4v) is 2.07. The van der Waals surface area contributed by atoms with Gasteiger partial charge in [-0.1, -0.05) is 6.08 Å². The highest BCUT2D eigenvalue weighted by Gasteiger charge is 2.13. The highest BCUT2D eigenvalue weighted by atomic mass is 16.5. The first-order valence-electron chi connectivity index (χ1n) is 8.38. The second-order valence-corrected chi connectivity index (χ2v) is 5.32. The molecule has 7 nitrogen and oxygen atoms in total. The maximum Gasteiger partial charge on any atom is 0.226 e. The fourth-order valence-electron chi connectivity index (χ4n) is 2.07. The van der Waals surface area contributed by atoms with E-state index < -0.39 is 0 Å². The first kappa shape index (κ1) is 20.9. The smallest absolute Gasteiger partial charge is 0.226 e. The molecule has 0 fully saturated rings. The van der Waals surface area contributed by atoms with Gasteiger partial charge in [0.25, 0.3) is 0 Å². The van der Waals surface area contributed by atoms with Gasteiger partial charge in [-0.25, -0.2) is 4.99 Å². The van der Waals surface area contributed by atoms with Crippen LogP contribution in [0.2, 0.25) is 0 Å². The lowest BCUT2D eigenvalue weighted by molar-refractivity contribution is 0.187. The van der Waals surface area contributed by atoms with Crippen molar-refractivity contribution in [2.24, 2.45) is 4.99 Å². The van der Waals surface area contributed by atoms with Crippen LogP contribution in [0.3, 0.4) is 0 Å². The molecule has 7 heteroatoms.